The Hall–Kier alpha value is -0.710. The number of thioether (sulfide) groups is 1. The second kappa shape index (κ2) is 8.06. The standard InChI is InChI=1S/C16H30N2O2S/c1-6-12(11(2)3)9-17-14(19)15(20)18-10-13-7-8-21-16(13,4)5/h11-13H,6-10H2,1-5H3,(H,17,19)(H,18,20). The number of carbonyl (C=O) groups is 2. The van der Waals surface area contributed by atoms with Gasteiger partial charge in [0, 0.05) is 17.8 Å². The minimum Gasteiger partial charge on any atom is -0.348 e. The molecule has 0 aromatic heterocycles. The van der Waals surface area contributed by atoms with Crippen LogP contribution in [0.25, 0.3) is 0 Å². The zero-order chi connectivity index (χ0) is 16.0. The van der Waals surface area contributed by atoms with E-state index in [4.69, 9.17) is 0 Å². The number of amides is 2. The number of hydrogen-bond acceptors (Lipinski definition) is 3. The molecule has 1 aliphatic rings. The normalized spacial score (nSPS) is 22.1. The molecule has 0 bridgehead atoms. The van der Waals surface area contributed by atoms with Crippen LogP contribution in [0.3, 0.4) is 0 Å². The Balaban J connectivity index is 2.33. The molecule has 2 N–H and O–H groups in total. The molecule has 1 aliphatic heterocycles. The summed E-state index contributed by atoms with van der Waals surface area (Å²) < 4.78 is 0.189. The van der Waals surface area contributed by atoms with Crippen molar-refractivity contribution in [1.29, 1.82) is 0 Å². The molecular weight excluding hydrogens is 284 g/mol. The van der Waals surface area contributed by atoms with Gasteiger partial charge in [-0.25, -0.2) is 0 Å². The predicted molar refractivity (Wildman–Crippen MR) is 89.3 cm³/mol. The average molecular weight is 314 g/mol. The van der Waals surface area contributed by atoms with E-state index in [0.717, 1.165) is 18.6 Å². The maximum atomic E-state index is 11.9. The second-order valence-electron chi connectivity index (χ2n) is 6.77. The van der Waals surface area contributed by atoms with E-state index in [-0.39, 0.29) is 4.75 Å². The number of hydrogen-bond donors (Lipinski definition) is 2. The van der Waals surface area contributed by atoms with Gasteiger partial charge in [0.2, 0.25) is 0 Å². The van der Waals surface area contributed by atoms with Crippen LogP contribution in [-0.4, -0.2) is 35.4 Å². The first kappa shape index (κ1) is 18.3. The average Bonchev–Trinajstić information content (AvgIpc) is 2.74. The van der Waals surface area contributed by atoms with Crippen LogP contribution >= 0.6 is 11.8 Å². The van der Waals surface area contributed by atoms with Crippen LogP contribution in [0, 0.1) is 17.8 Å². The molecule has 1 heterocycles. The van der Waals surface area contributed by atoms with Crippen molar-refractivity contribution in [2.45, 2.75) is 52.2 Å². The van der Waals surface area contributed by atoms with Crippen LogP contribution < -0.4 is 10.6 Å². The van der Waals surface area contributed by atoms with Crippen LogP contribution in [0.2, 0.25) is 0 Å². The summed E-state index contributed by atoms with van der Waals surface area (Å²) in [6.45, 7) is 12.0. The van der Waals surface area contributed by atoms with E-state index in [0.29, 0.717) is 30.8 Å². The van der Waals surface area contributed by atoms with Gasteiger partial charge in [0.05, 0.1) is 0 Å². The maximum absolute atomic E-state index is 11.9. The summed E-state index contributed by atoms with van der Waals surface area (Å²) in [6.07, 6.45) is 2.11. The molecule has 1 saturated heterocycles. The van der Waals surface area contributed by atoms with Crippen molar-refractivity contribution < 1.29 is 9.59 Å². The Bertz CT molecular complexity index is 369. The highest BCUT2D eigenvalue weighted by Gasteiger charge is 2.35. The summed E-state index contributed by atoms with van der Waals surface area (Å²) in [4.78, 5) is 23.7. The minimum atomic E-state index is -0.502. The zero-order valence-corrected chi connectivity index (χ0v) is 14.8. The Morgan fingerprint density at radius 2 is 1.86 bits per heavy atom. The number of nitrogens with one attached hydrogen (secondary N) is 2. The Morgan fingerprint density at radius 1 is 1.24 bits per heavy atom. The maximum Gasteiger partial charge on any atom is 0.309 e. The van der Waals surface area contributed by atoms with Gasteiger partial charge in [-0.05, 0) is 29.9 Å². The molecule has 4 nitrogen and oxygen atoms in total. The van der Waals surface area contributed by atoms with Gasteiger partial charge in [0.25, 0.3) is 0 Å². The smallest absolute Gasteiger partial charge is 0.309 e. The molecule has 1 rings (SSSR count). The largest absolute Gasteiger partial charge is 0.348 e. The first-order valence-electron chi connectivity index (χ1n) is 7.97. The van der Waals surface area contributed by atoms with Gasteiger partial charge in [0.1, 0.15) is 0 Å². The molecule has 5 heteroatoms. The predicted octanol–water partition coefficient (Wildman–Crippen LogP) is 2.43. The Kier molecular flexibility index (Phi) is 7.04. The van der Waals surface area contributed by atoms with Crippen molar-refractivity contribution in [2.75, 3.05) is 18.8 Å². The molecule has 0 saturated carbocycles. The van der Waals surface area contributed by atoms with Crippen molar-refractivity contribution >= 4 is 23.6 Å². The summed E-state index contributed by atoms with van der Waals surface area (Å²) in [5.74, 6) is 1.51. The quantitative estimate of drug-likeness (QED) is 0.740. The summed E-state index contributed by atoms with van der Waals surface area (Å²) in [5, 5.41) is 5.54. The first-order chi connectivity index (χ1) is 9.77. The molecule has 0 spiro atoms. The van der Waals surface area contributed by atoms with Crippen molar-refractivity contribution in [3.05, 3.63) is 0 Å². The van der Waals surface area contributed by atoms with Crippen LogP contribution in [0.4, 0.5) is 0 Å². The van der Waals surface area contributed by atoms with Crippen molar-refractivity contribution in [2.24, 2.45) is 17.8 Å². The van der Waals surface area contributed by atoms with E-state index in [2.05, 4.69) is 45.3 Å². The van der Waals surface area contributed by atoms with Gasteiger partial charge in [-0.3, -0.25) is 9.59 Å². The fourth-order valence-electron chi connectivity index (χ4n) is 2.73. The molecule has 2 unspecified atom stereocenters. The van der Waals surface area contributed by atoms with Gasteiger partial charge in [0.15, 0.2) is 0 Å². The van der Waals surface area contributed by atoms with Gasteiger partial charge in [-0.15, -0.1) is 0 Å². The highest BCUT2D eigenvalue weighted by Crippen LogP contribution is 2.41. The van der Waals surface area contributed by atoms with Crippen molar-refractivity contribution in [3.8, 4) is 0 Å². The summed E-state index contributed by atoms with van der Waals surface area (Å²) in [5.41, 5.74) is 0. The molecule has 0 radical (unpaired) electrons. The molecule has 0 aromatic carbocycles. The first-order valence-corrected chi connectivity index (χ1v) is 8.96. The third kappa shape index (κ3) is 5.53. The topological polar surface area (TPSA) is 58.2 Å². The molecule has 21 heavy (non-hydrogen) atoms. The second-order valence-corrected chi connectivity index (χ2v) is 8.52. The van der Waals surface area contributed by atoms with Crippen LogP contribution in [-0.2, 0) is 9.59 Å². The van der Waals surface area contributed by atoms with E-state index in [9.17, 15) is 9.59 Å². The lowest BCUT2D eigenvalue weighted by atomic mass is 9.93. The van der Waals surface area contributed by atoms with Crippen LogP contribution in [0.1, 0.15) is 47.5 Å². The molecule has 1 fully saturated rings. The fraction of sp³-hybridized carbons (Fsp3) is 0.875. The van der Waals surface area contributed by atoms with Gasteiger partial charge in [-0.2, -0.15) is 11.8 Å². The van der Waals surface area contributed by atoms with Crippen molar-refractivity contribution in [1.82, 2.24) is 10.6 Å². The Labute approximate surface area is 133 Å². The SMILES string of the molecule is CCC(CNC(=O)C(=O)NCC1CCSC1(C)C)C(C)C. The van der Waals surface area contributed by atoms with Gasteiger partial charge >= 0.3 is 11.8 Å². The number of carbonyl (C=O) groups excluding carboxylic acids is 2. The van der Waals surface area contributed by atoms with Crippen molar-refractivity contribution in [3.63, 3.8) is 0 Å². The summed E-state index contributed by atoms with van der Waals surface area (Å²) in [7, 11) is 0. The van der Waals surface area contributed by atoms with E-state index in [1.807, 2.05) is 11.8 Å². The monoisotopic (exact) mass is 314 g/mol. The van der Waals surface area contributed by atoms with E-state index in [1.165, 1.54) is 0 Å². The summed E-state index contributed by atoms with van der Waals surface area (Å²) >= 11 is 1.94. The van der Waals surface area contributed by atoms with Gasteiger partial charge in [-0.1, -0.05) is 41.0 Å². The zero-order valence-electron chi connectivity index (χ0n) is 14.0. The highest BCUT2D eigenvalue weighted by molar-refractivity contribution is 8.00. The number of rotatable bonds is 6. The molecule has 0 aromatic rings. The highest BCUT2D eigenvalue weighted by atomic mass is 32.2. The lowest BCUT2D eigenvalue weighted by Crippen LogP contribution is -2.45. The summed E-state index contributed by atoms with van der Waals surface area (Å²) in [6, 6.07) is 0. The lowest BCUT2D eigenvalue weighted by molar-refractivity contribution is -0.139. The van der Waals surface area contributed by atoms with Crippen LogP contribution in [0.15, 0.2) is 0 Å². The molecular formula is C16H30N2O2S. The van der Waals surface area contributed by atoms with Crippen LogP contribution in [0.5, 0.6) is 0 Å². The third-order valence-corrected chi connectivity index (χ3v) is 6.15. The molecule has 2 atom stereocenters. The molecule has 0 aliphatic carbocycles. The Morgan fingerprint density at radius 3 is 2.33 bits per heavy atom. The third-order valence-electron chi connectivity index (χ3n) is 4.63. The fourth-order valence-corrected chi connectivity index (χ4v) is 4.09. The van der Waals surface area contributed by atoms with E-state index in [1.54, 1.807) is 0 Å². The van der Waals surface area contributed by atoms with Gasteiger partial charge < -0.3 is 10.6 Å². The molecule has 2 amide bonds. The van der Waals surface area contributed by atoms with E-state index < -0.39 is 11.8 Å². The molecule has 122 valence electrons. The van der Waals surface area contributed by atoms with E-state index >= 15 is 0 Å². The lowest BCUT2D eigenvalue weighted by Gasteiger charge is -2.26. The minimum absolute atomic E-state index is 0.189.